The largest absolute Gasteiger partial charge is 0.497 e. The van der Waals surface area contributed by atoms with Crippen molar-refractivity contribution >= 4 is 16.9 Å². The van der Waals surface area contributed by atoms with Crippen molar-refractivity contribution in [1.82, 2.24) is 5.32 Å². The molecule has 0 unspecified atom stereocenters. The van der Waals surface area contributed by atoms with Crippen molar-refractivity contribution in [2.24, 2.45) is 0 Å². The first-order valence-corrected chi connectivity index (χ1v) is 9.16. The highest BCUT2D eigenvalue weighted by Crippen LogP contribution is 2.31. The minimum Gasteiger partial charge on any atom is -0.497 e. The summed E-state index contributed by atoms with van der Waals surface area (Å²) in [5.74, 6) is 0.690. The quantitative estimate of drug-likeness (QED) is 0.674. The number of carbonyl (C=O) groups excluding carboxylic acids is 1. The van der Waals surface area contributed by atoms with E-state index >= 15 is 0 Å². The lowest BCUT2D eigenvalue weighted by Gasteiger charge is -2.14. The molecular weight excluding hydrogens is 358 g/mol. The minimum atomic E-state index is -0.316. The third kappa shape index (κ3) is 4.17. The van der Waals surface area contributed by atoms with Gasteiger partial charge >= 0.3 is 0 Å². The number of benzene rings is 2. The molecule has 1 aromatic heterocycles. The Morgan fingerprint density at radius 2 is 1.86 bits per heavy atom. The van der Waals surface area contributed by atoms with Crippen LogP contribution in [-0.4, -0.2) is 25.7 Å². The summed E-state index contributed by atoms with van der Waals surface area (Å²) in [7, 11) is 1.58. The van der Waals surface area contributed by atoms with Crippen LogP contribution in [0.15, 0.2) is 57.7 Å². The summed E-state index contributed by atoms with van der Waals surface area (Å²) in [6.07, 6.45) is 0.806. The first-order chi connectivity index (χ1) is 13.5. The summed E-state index contributed by atoms with van der Waals surface area (Å²) in [5.41, 5.74) is 0.791. The third-order valence-corrected chi connectivity index (χ3v) is 4.48. The number of rotatable bonds is 7. The van der Waals surface area contributed by atoms with E-state index in [0.29, 0.717) is 22.3 Å². The van der Waals surface area contributed by atoms with Gasteiger partial charge in [-0.15, -0.1) is 0 Å². The zero-order valence-electron chi connectivity index (χ0n) is 16.2. The average molecular weight is 381 g/mol. The van der Waals surface area contributed by atoms with Crippen LogP contribution >= 0.6 is 0 Å². The van der Waals surface area contributed by atoms with Crippen molar-refractivity contribution in [2.75, 3.05) is 13.7 Å². The zero-order chi connectivity index (χ0) is 20.1. The van der Waals surface area contributed by atoms with Crippen molar-refractivity contribution in [2.45, 2.75) is 26.3 Å². The van der Waals surface area contributed by atoms with Crippen LogP contribution in [0.4, 0.5) is 0 Å². The van der Waals surface area contributed by atoms with Gasteiger partial charge in [0, 0.05) is 11.6 Å². The summed E-state index contributed by atoms with van der Waals surface area (Å²) in [4.78, 5) is 25.1. The predicted molar refractivity (Wildman–Crippen MR) is 108 cm³/mol. The molecule has 0 aliphatic heterocycles. The maximum atomic E-state index is 13.0. The van der Waals surface area contributed by atoms with Gasteiger partial charge in [0.25, 0.3) is 5.91 Å². The van der Waals surface area contributed by atoms with Gasteiger partial charge in [0.1, 0.15) is 11.3 Å². The third-order valence-electron chi connectivity index (χ3n) is 4.48. The molecule has 3 rings (SSSR count). The van der Waals surface area contributed by atoms with Gasteiger partial charge < -0.3 is 19.2 Å². The molecule has 146 valence electrons. The number of hydrogen-bond donors (Lipinski definition) is 1. The lowest BCUT2D eigenvalue weighted by atomic mass is 10.1. The van der Waals surface area contributed by atoms with E-state index in [1.54, 1.807) is 55.6 Å². The van der Waals surface area contributed by atoms with Crippen LogP contribution in [0.3, 0.4) is 0 Å². The number of methoxy groups -OCH3 is 1. The van der Waals surface area contributed by atoms with Crippen LogP contribution in [0, 0.1) is 0 Å². The molecule has 1 N–H and O–H groups in total. The maximum Gasteiger partial charge on any atom is 0.258 e. The predicted octanol–water partition coefficient (Wildman–Crippen LogP) is 3.76. The molecule has 6 heteroatoms. The summed E-state index contributed by atoms with van der Waals surface area (Å²) >= 11 is 0. The highest BCUT2D eigenvalue weighted by Gasteiger charge is 2.19. The Morgan fingerprint density at radius 1 is 1.14 bits per heavy atom. The van der Waals surface area contributed by atoms with Crippen LogP contribution in [0.1, 0.15) is 20.3 Å². The van der Waals surface area contributed by atoms with Gasteiger partial charge in [-0.3, -0.25) is 9.59 Å². The summed E-state index contributed by atoms with van der Waals surface area (Å²) in [6, 6.07) is 14.1. The van der Waals surface area contributed by atoms with Gasteiger partial charge in [0.15, 0.2) is 12.4 Å². The molecule has 6 nitrogen and oxygen atoms in total. The maximum absolute atomic E-state index is 13.0. The molecule has 2 aromatic carbocycles. The molecule has 0 aliphatic rings. The SMILES string of the molecule is CC[C@H](C)NC(=O)COc1c(-c2ccc(OC)cc2)oc2ccccc2c1=O. The van der Waals surface area contributed by atoms with Crippen molar-refractivity contribution in [3.8, 4) is 22.8 Å². The van der Waals surface area contributed by atoms with Crippen LogP contribution < -0.4 is 20.2 Å². The summed E-state index contributed by atoms with van der Waals surface area (Å²) < 4.78 is 16.8. The normalized spacial score (nSPS) is 11.8. The van der Waals surface area contributed by atoms with E-state index in [9.17, 15) is 9.59 Å². The Hall–Kier alpha value is -3.28. The second kappa shape index (κ2) is 8.61. The topological polar surface area (TPSA) is 77.8 Å². The van der Waals surface area contributed by atoms with Gasteiger partial charge in [-0.25, -0.2) is 0 Å². The van der Waals surface area contributed by atoms with E-state index in [0.717, 1.165) is 6.42 Å². The highest BCUT2D eigenvalue weighted by molar-refractivity contribution is 5.83. The monoisotopic (exact) mass is 381 g/mol. The van der Waals surface area contributed by atoms with E-state index in [1.807, 2.05) is 13.8 Å². The first kappa shape index (κ1) is 19.5. The van der Waals surface area contributed by atoms with Gasteiger partial charge in [0.05, 0.1) is 12.5 Å². The number of carbonyl (C=O) groups is 1. The molecule has 1 amide bonds. The van der Waals surface area contributed by atoms with Crippen molar-refractivity contribution in [1.29, 1.82) is 0 Å². The summed E-state index contributed by atoms with van der Waals surface area (Å²) in [5, 5.41) is 3.22. The highest BCUT2D eigenvalue weighted by atomic mass is 16.5. The average Bonchev–Trinajstić information content (AvgIpc) is 2.73. The molecule has 0 spiro atoms. The van der Waals surface area contributed by atoms with Gasteiger partial charge in [0.2, 0.25) is 11.2 Å². The zero-order valence-corrected chi connectivity index (χ0v) is 16.2. The molecule has 28 heavy (non-hydrogen) atoms. The van der Waals surface area contributed by atoms with Crippen LogP contribution in [0.2, 0.25) is 0 Å². The molecule has 3 aromatic rings. The Labute approximate surface area is 163 Å². The number of nitrogens with one attached hydrogen (secondary N) is 1. The molecule has 0 fully saturated rings. The minimum absolute atomic E-state index is 0.0168. The molecule has 0 radical (unpaired) electrons. The van der Waals surface area contributed by atoms with Gasteiger partial charge in [-0.1, -0.05) is 19.1 Å². The number of hydrogen-bond acceptors (Lipinski definition) is 5. The second-order valence-electron chi connectivity index (χ2n) is 6.48. The Balaban J connectivity index is 2.01. The fraction of sp³-hybridized carbons (Fsp3) is 0.273. The Morgan fingerprint density at radius 3 is 2.54 bits per heavy atom. The second-order valence-corrected chi connectivity index (χ2v) is 6.48. The molecule has 0 bridgehead atoms. The molecule has 0 aliphatic carbocycles. The van der Waals surface area contributed by atoms with Gasteiger partial charge in [-0.05, 0) is 49.7 Å². The number of amides is 1. The van der Waals surface area contributed by atoms with Gasteiger partial charge in [-0.2, -0.15) is 0 Å². The van der Waals surface area contributed by atoms with E-state index in [-0.39, 0.29) is 35.5 Å². The molecule has 1 atom stereocenters. The molecule has 0 saturated carbocycles. The fourth-order valence-electron chi connectivity index (χ4n) is 2.74. The fourth-order valence-corrected chi connectivity index (χ4v) is 2.74. The number of ether oxygens (including phenoxy) is 2. The van der Waals surface area contributed by atoms with Crippen molar-refractivity contribution < 1.29 is 18.7 Å². The van der Waals surface area contributed by atoms with E-state index in [4.69, 9.17) is 13.9 Å². The first-order valence-electron chi connectivity index (χ1n) is 9.16. The molecule has 0 saturated heterocycles. The number of para-hydroxylation sites is 1. The Kier molecular flexibility index (Phi) is 5.99. The standard InChI is InChI=1S/C22H23NO5/c1-4-14(2)23-19(24)13-27-22-20(25)17-7-5-6-8-18(17)28-21(22)15-9-11-16(26-3)12-10-15/h5-12,14H,4,13H2,1-3H3,(H,23,24)/t14-/m0/s1. The Bertz CT molecular complexity index is 1020. The van der Waals surface area contributed by atoms with Crippen LogP contribution in [0.5, 0.6) is 11.5 Å². The van der Waals surface area contributed by atoms with Crippen molar-refractivity contribution in [3.63, 3.8) is 0 Å². The van der Waals surface area contributed by atoms with E-state index < -0.39 is 0 Å². The molecular formula is C22H23NO5. The van der Waals surface area contributed by atoms with Crippen molar-refractivity contribution in [3.05, 3.63) is 58.8 Å². The smallest absolute Gasteiger partial charge is 0.258 e. The summed E-state index contributed by atoms with van der Waals surface area (Å²) in [6.45, 7) is 3.62. The number of fused-ring (bicyclic) bond motifs is 1. The van der Waals surface area contributed by atoms with E-state index in [1.165, 1.54) is 0 Å². The van der Waals surface area contributed by atoms with Crippen LogP contribution in [0.25, 0.3) is 22.3 Å². The molecule has 1 heterocycles. The van der Waals surface area contributed by atoms with Crippen LogP contribution in [-0.2, 0) is 4.79 Å². The lowest BCUT2D eigenvalue weighted by molar-refractivity contribution is -0.123. The lowest BCUT2D eigenvalue weighted by Crippen LogP contribution is -2.36. The van der Waals surface area contributed by atoms with E-state index in [2.05, 4.69) is 5.32 Å².